The molecule has 1 unspecified atom stereocenters. The van der Waals surface area contributed by atoms with Crippen LogP contribution in [0.5, 0.6) is 0 Å². The van der Waals surface area contributed by atoms with Crippen molar-refractivity contribution in [1.29, 1.82) is 0 Å². The van der Waals surface area contributed by atoms with Gasteiger partial charge in [0.1, 0.15) is 6.10 Å². The van der Waals surface area contributed by atoms with Gasteiger partial charge in [0.05, 0.1) is 6.10 Å². The Morgan fingerprint density at radius 1 is 1.11 bits per heavy atom. The second kappa shape index (κ2) is 3.77. The Morgan fingerprint density at radius 2 is 1.56 bits per heavy atom. The second-order valence-electron chi connectivity index (χ2n) is 2.22. The lowest BCUT2D eigenvalue weighted by Crippen LogP contribution is -2.21. The van der Waals surface area contributed by atoms with Gasteiger partial charge in [-0.25, -0.2) is 8.78 Å². The van der Waals surface area contributed by atoms with Crippen molar-refractivity contribution in [2.45, 2.75) is 39.4 Å². The molecule has 1 nitrogen and oxygen atoms in total. The largest absolute Gasteiger partial charge is 0.370 e. The van der Waals surface area contributed by atoms with Gasteiger partial charge in [-0.15, -0.1) is 0 Å². The topological polar surface area (TPSA) is 9.23 Å². The molecule has 0 heterocycles. The monoisotopic (exact) mass is 138 g/mol. The predicted octanol–water partition coefficient (Wildman–Crippen LogP) is 2.06. The number of alkyl halides is 2. The average molecular weight is 138 g/mol. The molecule has 0 fully saturated rings. The van der Waals surface area contributed by atoms with Gasteiger partial charge in [-0.05, 0) is 20.8 Å². The molecule has 0 amide bonds. The van der Waals surface area contributed by atoms with Crippen molar-refractivity contribution in [2.24, 2.45) is 0 Å². The van der Waals surface area contributed by atoms with Crippen LogP contribution in [0.15, 0.2) is 0 Å². The molecule has 0 bridgehead atoms. The molecule has 0 rings (SSSR count). The predicted molar refractivity (Wildman–Crippen MR) is 31.7 cm³/mol. The van der Waals surface area contributed by atoms with E-state index in [0.717, 1.165) is 0 Å². The lowest BCUT2D eigenvalue weighted by molar-refractivity contribution is -0.0703. The highest BCUT2D eigenvalue weighted by Gasteiger charge is 2.15. The van der Waals surface area contributed by atoms with Gasteiger partial charge in [0, 0.05) is 0 Å². The molecule has 0 saturated carbocycles. The third-order valence-corrected chi connectivity index (χ3v) is 0.842. The van der Waals surface area contributed by atoms with E-state index in [9.17, 15) is 8.78 Å². The number of halogens is 2. The summed E-state index contributed by atoms with van der Waals surface area (Å²) in [5.41, 5.74) is 0. The first kappa shape index (κ1) is 8.82. The number of hydrogen-bond acceptors (Lipinski definition) is 1. The van der Waals surface area contributed by atoms with Crippen LogP contribution in [0.2, 0.25) is 0 Å². The van der Waals surface area contributed by atoms with Crippen LogP contribution in [-0.2, 0) is 4.74 Å². The van der Waals surface area contributed by atoms with Crippen LogP contribution in [0.25, 0.3) is 0 Å². The zero-order valence-electron chi connectivity index (χ0n) is 5.90. The van der Waals surface area contributed by atoms with E-state index >= 15 is 0 Å². The van der Waals surface area contributed by atoms with Gasteiger partial charge in [0.25, 0.3) is 6.43 Å². The average Bonchev–Trinajstić information content (AvgIpc) is 1.63. The molecule has 3 heteroatoms. The Balaban J connectivity index is 3.38. The fourth-order valence-corrected chi connectivity index (χ4v) is 0.489. The molecule has 0 saturated heterocycles. The van der Waals surface area contributed by atoms with Crippen LogP contribution in [0, 0.1) is 0 Å². The highest BCUT2D eigenvalue weighted by molar-refractivity contribution is 4.52. The van der Waals surface area contributed by atoms with Gasteiger partial charge in [0.2, 0.25) is 0 Å². The Morgan fingerprint density at radius 3 is 1.67 bits per heavy atom. The van der Waals surface area contributed by atoms with Crippen molar-refractivity contribution < 1.29 is 13.5 Å². The summed E-state index contributed by atoms with van der Waals surface area (Å²) in [5.74, 6) is 0. The van der Waals surface area contributed by atoms with Gasteiger partial charge < -0.3 is 4.74 Å². The van der Waals surface area contributed by atoms with Crippen LogP contribution in [-0.4, -0.2) is 18.6 Å². The standard InChI is InChI=1S/C6H12F2O/c1-4(2)9-5(3)6(7)8/h4-6H,1-3H3. The quantitative estimate of drug-likeness (QED) is 0.580. The zero-order chi connectivity index (χ0) is 7.44. The van der Waals surface area contributed by atoms with Crippen LogP contribution < -0.4 is 0 Å². The summed E-state index contributed by atoms with van der Waals surface area (Å²) in [6, 6.07) is 0. The van der Waals surface area contributed by atoms with Gasteiger partial charge in [-0.3, -0.25) is 0 Å². The third-order valence-electron chi connectivity index (χ3n) is 0.842. The Labute approximate surface area is 54.0 Å². The van der Waals surface area contributed by atoms with Crippen molar-refractivity contribution in [3.63, 3.8) is 0 Å². The van der Waals surface area contributed by atoms with Crippen molar-refractivity contribution in [1.82, 2.24) is 0 Å². The zero-order valence-corrected chi connectivity index (χ0v) is 5.90. The maximum absolute atomic E-state index is 11.7. The molecule has 0 spiro atoms. The van der Waals surface area contributed by atoms with E-state index in [2.05, 4.69) is 0 Å². The van der Waals surface area contributed by atoms with Crippen molar-refractivity contribution in [2.75, 3.05) is 0 Å². The number of ether oxygens (including phenoxy) is 1. The second-order valence-corrected chi connectivity index (χ2v) is 2.22. The van der Waals surface area contributed by atoms with E-state index in [1.165, 1.54) is 6.92 Å². The molecular weight excluding hydrogens is 126 g/mol. The summed E-state index contributed by atoms with van der Waals surface area (Å²) in [4.78, 5) is 0. The maximum atomic E-state index is 11.7. The summed E-state index contributed by atoms with van der Waals surface area (Å²) in [7, 11) is 0. The molecule has 0 radical (unpaired) electrons. The van der Waals surface area contributed by atoms with Gasteiger partial charge in [-0.1, -0.05) is 0 Å². The molecule has 0 aliphatic carbocycles. The minimum Gasteiger partial charge on any atom is -0.370 e. The highest BCUT2D eigenvalue weighted by atomic mass is 19.3. The Hall–Kier alpha value is -0.180. The van der Waals surface area contributed by atoms with Crippen molar-refractivity contribution >= 4 is 0 Å². The smallest absolute Gasteiger partial charge is 0.264 e. The normalized spacial score (nSPS) is 15.0. The molecule has 0 N–H and O–H groups in total. The first-order chi connectivity index (χ1) is 4.04. The van der Waals surface area contributed by atoms with E-state index in [1.54, 1.807) is 13.8 Å². The van der Waals surface area contributed by atoms with Crippen LogP contribution in [0.4, 0.5) is 8.78 Å². The lowest BCUT2D eigenvalue weighted by atomic mass is 10.4. The lowest BCUT2D eigenvalue weighted by Gasteiger charge is -2.14. The summed E-state index contributed by atoms with van der Waals surface area (Å²) in [6.07, 6.45) is -3.42. The molecule has 0 aromatic heterocycles. The van der Waals surface area contributed by atoms with Crippen LogP contribution in [0.1, 0.15) is 20.8 Å². The molecule has 9 heavy (non-hydrogen) atoms. The van der Waals surface area contributed by atoms with E-state index in [1.807, 2.05) is 0 Å². The van der Waals surface area contributed by atoms with Crippen LogP contribution >= 0.6 is 0 Å². The molecule has 1 atom stereocenters. The van der Waals surface area contributed by atoms with Crippen molar-refractivity contribution in [3.05, 3.63) is 0 Å². The summed E-state index contributed by atoms with van der Waals surface area (Å²) < 4.78 is 28.1. The molecule has 0 aliphatic rings. The fraction of sp³-hybridized carbons (Fsp3) is 1.00. The third kappa shape index (κ3) is 4.33. The Kier molecular flexibility index (Phi) is 3.70. The number of hydrogen-bond donors (Lipinski definition) is 0. The van der Waals surface area contributed by atoms with E-state index in [-0.39, 0.29) is 6.10 Å². The fourth-order valence-electron chi connectivity index (χ4n) is 0.489. The SMILES string of the molecule is CC(C)OC(C)C(F)F. The first-order valence-corrected chi connectivity index (χ1v) is 2.97. The molecule has 56 valence electrons. The first-order valence-electron chi connectivity index (χ1n) is 2.97. The summed E-state index contributed by atoms with van der Waals surface area (Å²) >= 11 is 0. The number of rotatable bonds is 3. The van der Waals surface area contributed by atoms with Gasteiger partial charge in [-0.2, -0.15) is 0 Å². The minimum absolute atomic E-state index is 0.117. The Bertz CT molecular complexity index is 73.5. The van der Waals surface area contributed by atoms with Crippen LogP contribution in [0.3, 0.4) is 0 Å². The molecule has 0 aromatic carbocycles. The van der Waals surface area contributed by atoms with Crippen molar-refractivity contribution in [3.8, 4) is 0 Å². The maximum Gasteiger partial charge on any atom is 0.264 e. The summed E-state index contributed by atoms with van der Waals surface area (Å²) in [6.45, 7) is 4.84. The summed E-state index contributed by atoms with van der Waals surface area (Å²) in [5, 5.41) is 0. The van der Waals surface area contributed by atoms with Gasteiger partial charge in [0.15, 0.2) is 0 Å². The minimum atomic E-state index is -2.37. The molecule has 0 aliphatic heterocycles. The van der Waals surface area contributed by atoms with E-state index < -0.39 is 12.5 Å². The molecular formula is C6H12F2O. The van der Waals surface area contributed by atoms with E-state index in [0.29, 0.717) is 0 Å². The molecule has 0 aromatic rings. The highest BCUT2D eigenvalue weighted by Crippen LogP contribution is 2.06. The van der Waals surface area contributed by atoms with E-state index in [4.69, 9.17) is 4.74 Å². The van der Waals surface area contributed by atoms with Gasteiger partial charge >= 0.3 is 0 Å².